The molecule has 4 heterocycles. The van der Waals surface area contributed by atoms with Gasteiger partial charge in [0.25, 0.3) is 5.82 Å². The molecule has 0 radical (unpaired) electrons. The van der Waals surface area contributed by atoms with Crippen LogP contribution in [-0.2, 0) is 21.2 Å². The minimum atomic E-state index is -3.55. The molecule has 1 aromatic carbocycles. The maximum atomic E-state index is 12.4. The van der Waals surface area contributed by atoms with E-state index in [1.165, 1.54) is 11.4 Å². The van der Waals surface area contributed by atoms with Crippen LogP contribution in [0.2, 0.25) is 5.02 Å². The summed E-state index contributed by atoms with van der Waals surface area (Å²) in [6.07, 6.45) is 4.28. The third-order valence-electron chi connectivity index (χ3n) is 6.66. The fraction of sp³-hybridized carbons (Fsp3) is 0.333. The minimum Gasteiger partial charge on any atom is -0.361 e. The Bertz CT molecular complexity index is 1690. The minimum absolute atomic E-state index is 0.176. The van der Waals surface area contributed by atoms with Crippen LogP contribution in [0, 0.1) is 13.5 Å². The topological polar surface area (TPSA) is 107 Å². The largest absolute Gasteiger partial charge is 0.361 e. The molecular weight excluding hydrogens is 538 g/mol. The van der Waals surface area contributed by atoms with Crippen LogP contribution in [0.4, 0.5) is 22.9 Å². The third kappa shape index (κ3) is 5.68. The first-order valence-electron chi connectivity index (χ1n) is 12.5. The molecule has 1 fully saturated rings. The number of sulfonamides is 1. The maximum Gasteiger partial charge on any atom is 0.269 e. The lowest BCUT2D eigenvalue weighted by molar-refractivity contribution is -0.0309. The molecule has 1 aliphatic heterocycles. The van der Waals surface area contributed by atoms with E-state index in [1.807, 2.05) is 23.6 Å². The van der Waals surface area contributed by atoms with Gasteiger partial charge in [0, 0.05) is 18.7 Å². The second-order valence-corrected chi connectivity index (χ2v) is 11.9. The van der Waals surface area contributed by atoms with Crippen molar-refractivity contribution in [3.05, 3.63) is 76.1 Å². The molecule has 4 aromatic rings. The first-order valence-corrected chi connectivity index (χ1v) is 14.7. The summed E-state index contributed by atoms with van der Waals surface area (Å²) in [6.45, 7) is 9.90. The van der Waals surface area contributed by atoms with E-state index in [2.05, 4.69) is 15.1 Å². The van der Waals surface area contributed by atoms with Gasteiger partial charge in [0.15, 0.2) is 5.65 Å². The molecule has 1 unspecified atom stereocenters. The van der Waals surface area contributed by atoms with Gasteiger partial charge in [-0.25, -0.2) is 18.4 Å². The molecule has 10 nitrogen and oxygen atoms in total. The SMILES string of the molecule is [C-]#[N+]c1cccc(Cc2cc(Nc3ccc(Cl)cc3N(C)S(C)(=O)=O)c3nc(C)n(C4CCCCO4)c3n2)n1. The second kappa shape index (κ2) is 10.8. The number of hydrogen-bond donors (Lipinski definition) is 1. The van der Waals surface area contributed by atoms with Crippen LogP contribution in [0.3, 0.4) is 0 Å². The van der Waals surface area contributed by atoms with Crippen molar-refractivity contribution >= 4 is 55.7 Å². The molecule has 39 heavy (non-hydrogen) atoms. The number of benzene rings is 1. The Kier molecular flexibility index (Phi) is 7.44. The molecule has 1 atom stereocenters. The lowest BCUT2D eigenvalue weighted by Gasteiger charge is -2.25. The van der Waals surface area contributed by atoms with Crippen molar-refractivity contribution in [1.82, 2.24) is 19.5 Å². The zero-order valence-electron chi connectivity index (χ0n) is 21.8. The highest BCUT2D eigenvalue weighted by atomic mass is 35.5. The quantitative estimate of drug-likeness (QED) is 0.283. The number of nitrogens with one attached hydrogen (secondary N) is 1. The van der Waals surface area contributed by atoms with Crippen LogP contribution in [0.5, 0.6) is 0 Å². The van der Waals surface area contributed by atoms with E-state index in [0.717, 1.165) is 31.3 Å². The van der Waals surface area contributed by atoms with Gasteiger partial charge >= 0.3 is 0 Å². The number of rotatable bonds is 7. The summed E-state index contributed by atoms with van der Waals surface area (Å²) >= 11 is 6.24. The highest BCUT2D eigenvalue weighted by Crippen LogP contribution is 2.36. The molecule has 3 aromatic heterocycles. The van der Waals surface area contributed by atoms with Gasteiger partial charge in [0.1, 0.15) is 23.3 Å². The van der Waals surface area contributed by atoms with Crippen molar-refractivity contribution < 1.29 is 13.2 Å². The van der Waals surface area contributed by atoms with Crippen molar-refractivity contribution in [1.29, 1.82) is 0 Å². The van der Waals surface area contributed by atoms with Gasteiger partial charge in [-0.1, -0.05) is 24.2 Å². The van der Waals surface area contributed by atoms with E-state index in [9.17, 15) is 8.42 Å². The molecule has 1 N–H and O–H groups in total. The van der Waals surface area contributed by atoms with Crippen molar-refractivity contribution in [2.75, 3.05) is 29.5 Å². The van der Waals surface area contributed by atoms with E-state index in [4.69, 9.17) is 32.9 Å². The van der Waals surface area contributed by atoms with E-state index < -0.39 is 10.0 Å². The van der Waals surface area contributed by atoms with Crippen LogP contribution in [0.15, 0.2) is 42.5 Å². The Hall–Kier alpha value is -3.72. The lowest BCUT2D eigenvalue weighted by Crippen LogP contribution is -2.25. The number of imidazole rings is 1. The monoisotopic (exact) mass is 565 g/mol. The number of fused-ring (bicyclic) bond motifs is 1. The second-order valence-electron chi connectivity index (χ2n) is 9.48. The van der Waals surface area contributed by atoms with Crippen LogP contribution in [0.1, 0.15) is 42.7 Å². The van der Waals surface area contributed by atoms with Crippen molar-refractivity contribution in [3.8, 4) is 0 Å². The standard InChI is InChI=1S/C27H28ClN7O3S/c1-17-30-26-22(33-21-12-11-18(28)14-23(21)34(3)39(4,36)37)16-20(15-19-8-7-9-24(29-2)31-19)32-27(26)35(17)25-10-5-6-13-38-25/h7-9,11-12,14,16,25H,5-6,10,13,15H2,1,3-4H3,(H,32,33). The predicted octanol–water partition coefficient (Wildman–Crippen LogP) is 5.77. The Morgan fingerprint density at radius 2 is 1.97 bits per heavy atom. The van der Waals surface area contributed by atoms with E-state index >= 15 is 0 Å². The van der Waals surface area contributed by atoms with Gasteiger partial charge in [0.05, 0.1) is 35.4 Å². The van der Waals surface area contributed by atoms with Gasteiger partial charge in [-0.2, -0.15) is 0 Å². The van der Waals surface area contributed by atoms with Crippen LogP contribution >= 0.6 is 11.6 Å². The molecule has 1 aliphatic rings. The van der Waals surface area contributed by atoms with Gasteiger partial charge < -0.3 is 14.9 Å². The molecule has 1 saturated heterocycles. The fourth-order valence-corrected chi connectivity index (χ4v) is 5.36. The molecule has 5 rings (SSSR count). The van der Waals surface area contributed by atoms with E-state index in [1.54, 1.807) is 30.3 Å². The number of nitrogens with zero attached hydrogens (tertiary/aromatic N) is 6. The summed E-state index contributed by atoms with van der Waals surface area (Å²) in [5, 5.41) is 3.81. The van der Waals surface area contributed by atoms with Crippen molar-refractivity contribution in [2.24, 2.45) is 0 Å². The highest BCUT2D eigenvalue weighted by molar-refractivity contribution is 7.92. The molecule has 12 heteroatoms. The summed E-state index contributed by atoms with van der Waals surface area (Å²) in [5.74, 6) is 1.08. The smallest absolute Gasteiger partial charge is 0.269 e. The first-order chi connectivity index (χ1) is 18.6. The van der Waals surface area contributed by atoms with E-state index in [0.29, 0.717) is 63.5 Å². The molecule has 202 valence electrons. The zero-order chi connectivity index (χ0) is 27.7. The molecule has 0 amide bonds. The summed E-state index contributed by atoms with van der Waals surface area (Å²) in [5.41, 5.74) is 4.31. The molecule has 0 aliphatic carbocycles. The fourth-order valence-electron chi connectivity index (χ4n) is 4.69. The average molecular weight is 566 g/mol. The molecule has 0 spiro atoms. The first kappa shape index (κ1) is 26.9. The van der Waals surface area contributed by atoms with Gasteiger partial charge in [-0.3, -0.25) is 8.87 Å². The predicted molar refractivity (Wildman–Crippen MR) is 152 cm³/mol. The number of aryl methyl sites for hydroxylation is 1. The Labute approximate surface area is 232 Å². The summed E-state index contributed by atoms with van der Waals surface area (Å²) in [6, 6.07) is 12.2. The Morgan fingerprint density at radius 1 is 1.15 bits per heavy atom. The van der Waals surface area contributed by atoms with Crippen LogP contribution < -0.4 is 9.62 Å². The molecule has 0 saturated carbocycles. The highest BCUT2D eigenvalue weighted by Gasteiger charge is 2.24. The Balaban J connectivity index is 1.65. The number of anilines is 3. The molecule has 0 bridgehead atoms. The van der Waals surface area contributed by atoms with Gasteiger partial charge in [-0.05, 0) is 62.6 Å². The van der Waals surface area contributed by atoms with Crippen LogP contribution in [0.25, 0.3) is 16.0 Å². The summed E-state index contributed by atoms with van der Waals surface area (Å²) in [4.78, 5) is 17.7. The molecular formula is C27H28ClN7O3S. The summed E-state index contributed by atoms with van der Waals surface area (Å²) < 4.78 is 34.1. The van der Waals surface area contributed by atoms with E-state index in [-0.39, 0.29) is 6.23 Å². The van der Waals surface area contributed by atoms with Crippen LogP contribution in [-0.4, -0.2) is 47.8 Å². The van der Waals surface area contributed by atoms with Gasteiger partial charge in [-0.15, -0.1) is 4.98 Å². The maximum absolute atomic E-state index is 12.4. The summed E-state index contributed by atoms with van der Waals surface area (Å²) in [7, 11) is -2.07. The number of ether oxygens (including phenoxy) is 1. The zero-order valence-corrected chi connectivity index (χ0v) is 23.4. The average Bonchev–Trinajstić information content (AvgIpc) is 3.25. The normalized spacial score (nSPS) is 15.7. The van der Waals surface area contributed by atoms with Crippen molar-refractivity contribution in [3.63, 3.8) is 0 Å². The number of aromatic nitrogens is 4. The van der Waals surface area contributed by atoms with Crippen molar-refractivity contribution in [2.45, 2.75) is 38.8 Å². The number of hydrogen-bond acceptors (Lipinski definition) is 7. The van der Waals surface area contributed by atoms with Gasteiger partial charge in [0.2, 0.25) is 10.0 Å². The third-order valence-corrected chi connectivity index (χ3v) is 8.08. The Morgan fingerprint density at radius 3 is 2.69 bits per heavy atom. The lowest BCUT2D eigenvalue weighted by atomic mass is 10.1. The number of halogens is 1. The number of pyridine rings is 2.